The molecular weight excluding hydrogens is 436 g/mol. The Balaban J connectivity index is 1.51. The molecule has 0 saturated carbocycles. The van der Waals surface area contributed by atoms with Gasteiger partial charge in [-0.15, -0.1) is 11.3 Å². The molecule has 0 saturated heterocycles. The summed E-state index contributed by atoms with van der Waals surface area (Å²) in [7, 11) is 1.54. The third-order valence-electron chi connectivity index (χ3n) is 4.50. The van der Waals surface area contributed by atoms with Crippen LogP contribution in [0, 0.1) is 6.92 Å². The second kappa shape index (κ2) is 7.81. The maximum atomic E-state index is 10.3. The van der Waals surface area contributed by atoms with E-state index in [0.717, 1.165) is 31.8 Å². The van der Waals surface area contributed by atoms with Crippen molar-refractivity contribution in [2.75, 3.05) is 12.4 Å². The first-order chi connectivity index (χ1) is 13.5. The third-order valence-corrected chi connectivity index (χ3v) is 6.02. The van der Waals surface area contributed by atoms with Gasteiger partial charge in [-0.25, -0.2) is 4.98 Å². The fourth-order valence-corrected chi connectivity index (χ4v) is 4.56. The van der Waals surface area contributed by atoms with Crippen molar-refractivity contribution in [1.29, 1.82) is 0 Å². The predicted molar refractivity (Wildman–Crippen MR) is 119 cm³/mol. The highest BCUT2D eigenvalue weighted by Gasteiger charge is 2.10. The van der Waals surface area contributed by atoms with Crippen LogP contribution in [0.15, 0.2) is 59.1 Å². The van der Waals surface area contributed by atoms with E-state index in [1.54, 1.807) is 24.5 Å². The molecule has 0 spiro atoms. The van der Waals surface area contributed by atoms with E-state index in [-0.39, 0.29) is 5.75 Å². The third kappa shape index (κ3) is 3.84. The molecule has 1 aromatic heterocycles. The van der Waals surface area contributed by atoms with Crippen LogP contribution >= 0.6 is 27.3 Å². The number of halogens is 1. The van der Waals surface area contributed by atoms with Crippen molar-refractivity contribution in [2.24, 2.45) is 0 Å². The van der Waals surface area contributed by atoms with E-state index in [4.69, 9.17) is 9.72 Å². The highest BCUT2D eigenvalue weighted by molar-refractivity contribution is 9.10. The van der Waals surface area contributed by atoms with Gasteiger partial charge < -0.3 is 15.2 Å². The largest absolute Gasteiger partial charge is 0.504 e. The average molecular weight is 455 g/mol. The number of methoxy groups -OCH3 is 1. The standard InChI is InChI=1S/C22H19BrN2O2S/c1-13-3-8-18-20(9-13)28-22(25-18)14-4-6-17(7-5-14)24-12-15-10-16(23)11-19(27-2)21(15)26/h3-11,24,26H,12H2,1-2H3. The molecule has 0 aliphatic heterocycles. The molecule has 0 aliphatic carbocycles. The van der Waals surface area contributed by atoms with Gasteiger partial charge in [-0.3, -0.25) is 0 Å². The molecule has 2 N–H and O–H groups in total. The summed E-state index contributed by atoms with van der Waals surface area (Å²) >= 11 is 5.15. The number of aromatic hydroxyl groups is 1. The van der Waals surface area contributed by atoms with Crippen molar-refractivity contribution in [3.8, 4) is 22.1 Å². The topological polar surface area (TPSA) is 54.4 Å². The molecule has 4 nitrogen and oxygen atoms in total. The SMILES string of the molecule is COc1cc(Br)cc(CNc2ccc(-c3nc4ccc(C)cc4s3)cc2)c1O. The summed E-state index contributed by atoms with van der Waals surface area (Å²) in [5.74, 6) is 0.604. The summed E-state index contributed by atoms with van der Waals surface area (Å²) in [6, 6.07) is 18.1. The molecule has 3 aromatic carbocycles. The van der Waals surface area contributed by atoms with Crippen molar-refractivity contribution >= 4 is 43.2 Å². The van der Waals surface area contributed by atoms with Crippen LogP contribution in [-0.2, 0) is 6.54 Å². The molecule has 0 amide bonds. The number of anilines is 1. The number of nitrogens with zero attached hydrogens (tertiary/aromatic N) is 1. The highest BCUT2D eigenvalue weighted by Crippen LogP contribution is 2.34. The van der Waals surface area contributed by atoms with Crippen LogP contribution in [-0.4, -0.2) is 17.2 Å². The van der Waals surface area contributed by atoms with E-state index < -0.39 is 0 Å². The number of aromatic nitrogens is 1. The molecule has 0 radical (unpaired) electrons. The number of hydrogen-bond donors (Lipinski definition) is 2. The van der Waals surface area contributed by atoms with Crippen LogP contribution in [0.2, 0.25) is 0 Å². The Morgan fingerprint density at radius 1 is 1.11 bits per heavy atom. The number of benzene rings is 3. The fourth-order valence-electron chi connectivity index (χ4n) is 3.00. The van der Waals surface area contributed by atoms with Gasteiger partial charge in [-0.1, -0.05) is 22.0 Å². The van der Waals surface area contributed by atoms with Gasteiger partial charge in [0.1, 0.15) is 5.01 Å². The number of rotatable bonds is 5. The van der Waals surface area contributed by atoms with Gasteiger partial charge >= 0.3 is 0 Å². The normalized spacial score (nSPS) is 11.0. The van der Waals surface area contributed by atoms with Crippen molar-refractivity contribution < 1.29 is 9.84 Å². The Bertz CT molecular complexity index is 1140. The fraction of sp³-hybridized carbons (Fsp3) is 0.136. The number of aryl methyl sites for hydroxylation is 1. The van der Waals surface area contributed by atoms with Gasteiger partial charge in [-0.05, 0) is 61.0 Å². The summed E-state index contributed by atoms with van der Waals surface area (Å²) in [5, 5.41) is 14.6. The van der Waals surface area contributed by atoms with E-state index in [0.29, 0.717) is 12.3 Å². The molecule has 1 heterocycles. The van der Waals surface area contributed by atoms with Crippen LogP contribution in [0.1, 0.15) is 11.1 Å². The number of fused-ring (bicyclic) bond motifs is 1. The molecule has 0 unspecified atom stereocenters. The van der Waals surface area contributed by atoms with Crippen molar-refractivity contribution in [3.05, 3.63) is 70.2 Å². The monoisotopic (exact) mass is 454 g/mol. The molecule has 28 heavy (non-hydrogen) atoms. The second-order valence-electron chi connectivity index (χ2n) is 6.54. The Morgan fingerprint density at radius 2 is 1.89 bits per heavy atom. The first-order valence-electron chi connectivity index (χ1n) is 8.80. The van der Waals surface area contributed by atoms with E-state index in [1.165, 1.54) is 10.3 Å². The molecule has 0 bridgehead atoms. The second-order valence-corrected chi connectivity index (χ2v) is 8.48. The lowest BCUT2D eigenvalue weighted by molar-refractivity contribution is 0.370. The zero-order valence-electron chi connectivity index (χ0n) is 15.5. The summed E-state index contributed by atoms with van der Waals surface area (Å²) in [6.07, 6.45) is 0. The lowest BCUT2D eigenvalue weighted by Gasteiger charge is -2.12. The first kappa shape index (κ1) is 18.8. The number of hydrogen-bond acceptors (Lipinski definition) is 5. The minimum atomic E-state index is 0.152. The summed E-state index contributed by atoms with van der Waals surface area (Å²) in [5.41, 5.74) is 5.11. The molecule has 0 aliphatic rings. The lowest BCUT2D eigenvalue weighted by atomic mass is 10.1. The smallest absolute Gasteiger partial charge is 0.162 e. The van der Waals surface area contributed by atoms with Gasteiger partial charge in [0.2, 0.25) is 0 Å². The van der Waals surface area contributed by atoms with E-state index in [1.807, 2.05) is 18.2 Å². The van der Waals surface area contributed by atoms with Crippen LogP contribution in [0.4, 0.5) is 5.69 Å². The van der Waals surface area contributed by atoms with Gasteiger partial charge in [0.25, 0.3) is 0 Å². The minimum Gasteiger partial charge on any atom is -0.504 e. The van der Waals surface area contributed by atoms with Gasteiger partial charge in [0, 0.05) is 27.8 Å². The average Bonchev–Trinajstić information content (AvgIpc) is 3.11. The molecule has 142 valence electrons. The number of phenolic OH excluding ortho intramolecular Hbond substituents is 1. The molecule has 4 aromatic rings. The summed E-state index contributed by atoms with van der Waals surface area (Å²) in [4.78, 5) is 4.73. The van der Waals surface area contributed by atoms with Crippen LogP contribution in [0.25, 0.3) is 20.8 Å². The highest BCUT2D eigenvalue weighted by atomic mass is 79.9. The van der Waals surface area contributed by atoms with E-state index in [2.05, 4.69) is 58.5 Å². The van der Waals surface area contributed by atoms with E-state index in [9.17, 15) is 5.11 Å². The zero-order chi connectivity index (χ0) is 19.7. The molecular formula is C22H19BrN2O2S. The van der Waals surface area contributed by atoms with Crippen molar-refractivity contribution in [3.63, 3.8) is 0 Å². The minimum absolute atomic E-state index is 0.152. The predicted octanol–water partition coefficient (Wildman–Crippen LogP) is 6.36. The molecule has 6 heteroatoms. The summed E-state index contributed by atoms with van der Waals surface area (Å²) in [6.45, 7) is 2.58. The Morgan fingerprint density at radius 3 is 2.64 bits per heavy atom. The number of phenols is 1. The zero-order valence-corrected chi connectivity index (χ0v) is 17.9. The Kier molecular flexibility index (Phi) is 5.24. The van der Waals surface area contributed by atoms with E-state index >= 15 is 0 Å². The quantitative estimate of drug-likeness (QED) is 0.368. The molecule has 0 fully saturated rings. The van der Waals surface area contributed by atoms with Crippen molar-refractivity contribution in [1.82, 2.24) is 4.98 Å². The molecule has 4 rings (SSSR count). The van der Waals surface area contributed by atoms with Gasteiger partial charge in [0.05, 0.1) is 17.3 Å². The van der Waals surface area contributed by atoms with Crippen molar-refractivity contribution in [2.45, 2.75) is 13.5 Å². The first-order valence-corrected chi connectivity index (χ1v) is 10.4. The number of thiazole rings is 1. The lowest BCUT2D eigenvalue weighted by Crippen LogP contribution is -2.00. The van der Waals surface area contributed by atoms with Crippen LogP contribution in [0.5, 0.6) is 11.5 Å². The number of ether oxygens (including phenoxy) is 1. The maximum absolute atomic E-state index is 10.3. The maximum Gasteiger partial charge on any atom is 0.162 e. The van der Waals surface area contributed by atoms with Gasteiger partial charge in [-0.2, -0.15) is 0 Å². The Hall–Kier alpha value is -2.57. The van der Waals surface area contributed by atoms with Crippen LogP contribution in [0.3, 0.4) is 0 Å². The van der Waals surface area contributed by atoms with Gasteiger partial charge in [0.15, 0.2) is 11.5 Å². The van der Waals surface area contributed by atoms with Crippen LogP contribution < -0.4 is 10.1 Å². The summed E-state index contributed by atoms with van der Waals surface area (Å²) < 4.78 is 7.27. The number of nitrogens with one attached hydrogen (secondary N) is 1. The molecule has 0 atom stereocenters. The Labute approximate surface area is 176 Å².